The molecular formula is C16H26N4O. The molecular weight excluding hydrogens is 264 g/mol. The van der Waals surface area contributed by atoms with Crippen molar-refractivity contribution >= 4 is 17.2 Å². The highest BCUT2D eigenvalue weighted by Gasteiger charge is 2.12. The van der Waals surface area contributed by atoms with Gasteiger partial charge in [-0.25, -0.2) is 0 Å². The maximum atomic E-state index is 8.66. The van der Waals surface area contributed by atoms with E-state index < -0.39 is 0 Å². The van der Waals surface area contributed by atoms with Crippen LogP contribution < -0.4 is 16.0 Å². The summed E-state index contributed by atoms with van der Waals surface area (Å²) in [5.41, 5.74) is 7.95. The van der Waals surface area contributed by atoms with E-state index >= 15 is 0 Å². The summed E-state index contributed by atoms with van der Waals surface area (Å²) in [7, 11) is 0. The fraction of sp³-hybridized carbons (Fsp3) is 0.562. The molecule has 1 saturated heterocycles. The zero-order valence-corrected chi connectivity index (χ0v) is 12.8. The van der Waals surface area contributed by atoms with E-state index in [1.807, 2.05) is 0 Å². The standard InChI is InChI=1S/C16H26N4O/c1-2-13(12-16(17)19-21)18-14-6-8-15(9-7-14)20-10-4-3-5-11-20/h6-9,13,18,21H,2-5,10-12H2,1H3,(H2,17,19). The summed E-state index contributed by atoms with van der Waals surface area (Å²) in [6, 6.07) is 8.74. The van der Waals surface area contributed by atoms with E-state index in [2.05, 4.69) is 46.6 Å². The smallest absolute Gasteiger partial charge is 0.141 e. The molecule has 0 bridgehead atoms. The van der Waals surface area contributed by atoms with Crippen molar-refractivity contribution in [2.45, 2.75) is 45.1 Å². The van der Waals surface area contributed by atoms with Crippen molar-refractivity contribution in [2.24, 2.45) is 10.9 Å². The van der Waals surface area contributed by atoms with Crippen molar-refractivity contribution in [1.82, 2.24) is 0 Å². The van der Waals surface area contributed by atoms with Crippen LogP contribution in [0.1, 0.15) is 39.0 Å². The average Bonchev–Trinajstić information content (AvgIpc) is 2.55. The normalized spacial score (nSPS) is 17.6. The van der Waals surface area contributed by atoms with Crippen molar-refractivity contribution in [2.75, 3.05) is 23.3 Å². The molecule has 0 saturated carbocycles. The number of benzene rings is 1. The van der Waals surface area contributed by atoms with E-state index in [-0.39, 0.29) is 11.9 Å². The zero-order chi connectivity index (χ0) is 15.1. The van der Waals surface area contributed by atoms with Crippen LogP contribution in [0.3, 0.4) is 0 Å². The largest absolute Gasteiger partial charge is 0.409 e. The topological polar surface area (TPSA) is 73.9 Å². The van der Waals surface area contributed by atoms with Gasteiger partial charge in [-0.15, -0.1) is 0 Å². The Morgan fingerprint density at radius 2 is 1.95 bits per heavy atom. The maximum Gasteiger partial charge on any atom is 0.141 e. The minimum Gasteiger partial charge on any atom is -0.409 e. The summed E-state index contributed by atoms with van der Waals surface area (Å²) in [6.45, 7) is 4.41. The average molecular weight is 290 g/mol. The Labute approximate surface area is 126 Å². The molecule has 1 aliphatic heterocycles. The SMILES string of the molecule is CCC(CC(N)=NO)Nc1ccc(N2CCCCC2)cc1. The van der Waals surface area contributed by atoms with E-state index in [4.69, 9.17) is 10.9 Å². The number of hydrogen-bond acceptors (Lipinski definition) is 4. The molecule has 0 amide bonds. The van der Waals surface area contributed by atoms with E-state index in [0.29, 0.717) is 6.42 Å². The number of nitrogens with one attached hydrogen (secondary N) is 1. The number of amidine groups is 1. The molecule has 0 aliphatic carbocycles. The minimum atomic E-state index is 0.182. The van der Waals surface area contributed by atoms with Crippen LogP contribution in [0.4, 0.5) is 11.4 Å². The van der Waals surface area contributed by atoms with Gasteiger partial charge in [-0.3, -0.25) is 0 Å². The number of rotatable bonds is 6. The summed E-state index contributed by atoms with van der Waals surface area (Å²) in [4.78, 5) is 2.45. The van der Waals surface area contributed by atoms with Crippen molar-refractivity contribution < 1.29 is 5.21 Å². The lowest BCUT2D eigenvalue weighted by atomic mass is 10.1. The first kappa shape index (κ1) is 15.5. The van der Waals surface area contributed by atoms with E-state index in [1.54, 1.807) is 0 Å². The Bertz CT molecular complexity index is 452. The van der Waals surface area contributed by atoms with Crippen LogP contribution in [0.5, 0.6) is 0 Å². The van der Waals surface area contributed by atoms with Crippen molar-refractivity contribution in [3.05, 3.63) is 24.3 Å². The van der Waals surface area contributed by atoms with Crippen LogP contribution in [0.25, 0.3) is 0 Å². The Kier molecular flexibility index (Phi) is 5.72. The lowest BCUT2D eigenvalue weighted by Gasteiger charge is -2.29. The third-order valence-electron chi connectivity index (χ3n) is 4.04. The highest BCUT2D eigenvalue weighted by atomic mass is 16.4. The molecule has 1 aliphatic rings. The molecule has 2 rings (SSSR count). The monoisotopic (exact) mass is 290 g/mol. The second-order valence-corrected chi connectivity index (χ2v) is 5.64. The molecule has 116 valence electrons. The van der Waals surface area contributed by atoms with Crippen LogP contribution in [-0.4, -0.2) is 30.2 Å². The summed E-state index contributed by atoms with van der Waals surface area (Å²) in [6.07, 6.45) is 5.39. The Morgan fingerprint density at radius 3 is 2.52 bits per heavy atom. The van der Waals surface area contributed by atoms with Gasteiger partial charge in [-0.05, 0) is 49.9 Å². The number of hydrogen-bond donors (Lipinski definition) is 3. The van der Waals surface area contributed by atoms with Gasteiger partial charge in [0.25, 0.3) is 0 Å². The van der Waals surface area contributed by atoms with Crippen molar-refractivity contribution in [3.63, 3.8) is 0 Å². The quantitative estimate of drug-likeness (QED) is 0.326. The number of oxime groups is 1. The van der Waals surface area contributed by atoms with Crippen LogP contribution >= 0.6 is 0 Å². The van der Waals surface area contributed by atoms with Gasteiger partial charge in [0.15, 0.2) is 0 Å². The lowest BCUT2D eigenvalue weighted by molar-refractivity contribution is 0.316. The van der Waals surface area contributed by atoms with Gasteiger partial charge in [0.1, 0.15) is 5.84 Å². The number of anilines is 2. The van der Waals surface area contributed by atoms with Crippen LogP contribution in [0.2, 0.25) is 0 Å². The minimum absolute atomic E-state index is 0.182. The molecule has 0 spiro atoms. The molecule has 1 unspecified atom stereocenters. The maximum absolute atomic E-state index is 8.66. The van der Waals surface area contributed by atoms with E-state index in [9.17, 15) is 0 Å². The van der Waals surface area contributed by atoms with E-state index in [0.717, 1.165) is 25.2 Å². The predicted octanol–water partition coefficient (Wildman–Crippen LogP) is 3.00. The first-order chi connectivity index (χ1) is 10.2. The molecule has 21 heavy (non-hydrogen) atoms. The first-order valence-corrected chi connectivity index (χ1v) is 7.81. The molecule has 0 aromatic heterocycles. The van der Waals surface area contributed by atoms with Gasteiger partial charge >= 0.3 is 0 Å². The summed E-state index contributed by atoms with van der Waals surface area (Å²) >= 11 is 0. The molecule has 1 atom stereocenters. The second kappa shape index (κ2) is 7.76. The van der Waals surface area contributed by atoms with Crippen molar-refractivity contribution in [3.8, 4) is 0 Å². The first-order valence-electron chi connectivity index (χ1n) is 7.81. The van der Waals surface area contributed by atoms with Gasteiger partial charge in [-0.1, -0.05) is 12.1 Å². The molecule has 4 N–H and O–H groups in total. The third kappa shape index (κ3) is 4.55. The van der Waals surface area contributed by atoms with Gasteiger partial charge in [0.05, 0.1) is 0 Å². The molecule has 1 heterocycles. The van der Waals surface area contributed by atoms with Gasteiger partial charge in [0.2, 0.25) is 0 Å². The van der Waals surface area contributed by atoms with Crippen molar-refractivity contribution in [1.29, 1.82) is 0 Å². The molecule has 5 nitrogen and oxygen atoms in total. The number of nitrogens with zero attached hydrogens (tertiary/aromatic N) is 2. The fourth-order valence-corrected chi connectivity index (χ4v) is 2.75. The third-order valence-corrected chi connectivity index (χ3v) is 4.04. The molecule has 5 heteroatoms. The summed E-state index contributed by atoms with van der Waals surface area (Å²) in [5.74, 6) is 0.263. The summed E-state index contributed by atoms with van der Waals surface area (Å²) < 4.78 is 0. The van der Waals surface area contributed by atoms with E-state index in [1.165, 1.54) is 24.9 Å². The van der Waals surface area contributed by atoms with Gasteiger partial charge in [0, 0.05) is 36.9 Å². The second-order valence-electron chi connectivity index (χ2n) is 5.64. The predicted molar refractivity (Wildman–Crippen MR) is 88.2 cm³/mol. The summed E-state index contributed by atoms with van der Waals surface area (Å²) in [5, 5.41) is 15.1. The van der Waals surface area contributed by atoms with Crippen LogP contribution in [-0.2, 0) is 0 Å². The Morgan fingerprint density at radius 1 is 1.29 bits per heavy atom. The Hall–Kier alpha value is -1.91. The Balaban J connectivity index is 1.94. The van der Waals surface area contributed by atoms with Crippen LogP contribution in [0.15, 0.2) is 29.4 Å². The molecule has 1 aromatic rings. The lowest BCUT2D eigenvalue weighted by Crippen LogP contribution is -2.29. The number of piperidine rings is 1. The molecule has 1 aromatic carbocycles. The van der Waals surface area contributed by atoms with Gasteiger partial charge in [-0.2, -0.15) is 0 Å². The zero-order valence-electron chi connectivity index (χ0n) is 12.8. The van der Waals surface area contributed by atoms with Gasteiger partial charge < -0.3 is 21.2 Å². The fourth-order valence-electron chi connectivity index (χ4n) is 2.75. The highest BCUT2D eigenvalue weighted by molar-refractivity contribution is 5.80. The molecule has 0 radical (unpaired) electrons. The van der Waals surface area contributed by atoms with Crippen LogP contribution in [0, 0.1) is 0 Å². The number of nitrogens with two attached hydrogens (primary N) is 1. The highest BCUT2D eigenvalue weighted by Crippen LogP contribution is 2.22. The molecule has 1 fully saturated rings.